The molecular formula is C53H62ClN11O7S2. The molecule has 3 aromatic heterocycles. The van der Waals surface area contributed by atoms with Crippen molar-refractivity contribution in [3.05, 3.63) is 123 Å². The van der Waals surface area contributed by atoms with Gasteiger partial charge in [0.05, 0.1) is 58.4 Å². The van der Waals surface area contributed by atoms with Gasteiger partial charge in [0.2, 0.25) is 21.9 Å². The number of carboxylic acids is 1. The Morgan fingerprint density at radius 3 is 2.36 bits per heavy atom. The van der Waals surface area contributed by atoms with E-state index < -0.39 is 21.9 Å². The molecule has 1 atom stereocenters. The Balaban J connectivity index is 0.718. The minimum Gasteiger partial charge on any atom is -0.494 e. The molecule has 0 radical (unpaired) electrons. The third-order valence-corrected chi connectivity index (χ3v) is 16.0. The normalized spacial score (nSPS) is 13.5. The predicted octanol–water partition coefficient (Wildman–Crippen LogP) is 8.52. The van der Waals surface area contributed by atoms with E-state index in [-0.39, 0.29) is 23.8 Å². The van der Waals surface area contributed by atoms with Crippen LogP contribution < -0.4 is 24.4 Å². The summed E-state index contributed by atoms with van der Waals surface area (Å²) < 4.78 is 42.7. The molecule has 1 unspecified atom stereocenters. The number of thiazole rings is 1. The average molecular weight is 1060 g/mol. The zero-order chi connectivity index (χ0) is 52.5. The second-order valence-electron chi connectivity index (χ2n) is 18.5. The summed E-state index contributed by atoms with van der Waals surface area (Å²) in [4.78, 5) is 46.2. The van der Waals surface area contributed by atoms with Crippen molar-refractivity contribution in [3.63, 3.8) is 0 Å². The molecule has 74 heavy (non-hydrogen) atoms. The van der Waals surface area contributed by atoms with E-state index in [4.69, 9.17) is 21.1 Å². The SMILES string of the molecule is COc1cc(C(CC(=O)O)c2ccc(C)c(CNS(=O)(=O)c3ccc(OCCCCCCN(C)C(=O)CN4CCN(c5ccc(Nc6ncc(Cl)c(-c7sc(C)nc7C)n6)cc5)CC4)cc3)c2)cc2nnn(C)c12. The van der Waals surface area contributed by atoms with Crippen molar-refractivity contribution in [2.75, 3.05) is 70.2 Å². The molecule has 0 bridgehead atoms. The number of piperazine rings is 1. The minimum atomic E-state index is -3.89. The number of nitrogens with zero attached hydrogens (tertiary/aromatic N) is 9. The Hall–Kier alpha value is -6.71. The molecule has 1 fully saturated rings. The monoisotopic (exact) mass is 1060 g/mol. The van der Waals surface area contributed by atoms with Gasteiger partial charge in [-0.2, -0.15) is 0 Å². The molecule has 18 nitrogen and oxygen atoms in total. The summed E-state index contributed by atoms with van der Waals surface area (Å²) in [5.41, 5.74) is 7.79. The number of ether oxygens (including phenoxy) is 2. The Kier molecular flexibility index (Phi) is 17.4. The fraction of sp³-hybridized carbons (Fsp3) is 0.377. The second-order valence-corrected chi connectivity index (χ2v) is 21.9. The zero-order valence-corrected chi connectivity index (χ0v) is 44.9. The molecule has 1 aliphatic rings. The van der Waals surface area contributed by atoms with Crippen LogP contribution in [0.15, 0.2) is 90.0 Å². The van der Waals surface area contributed by atoms with Crippen molar-refractivity contribution >= 4 is 73.2 Å². The summed E-state index contributed by atoms with van der Waals surface area (Å²) in [6.07, 6.45) is 5.01. The lowest BCUT2D eigenvalue weighted by molar-refractivity contribution is -0.137. The molecule has 390 valence electrons. The van der Waals surface area contributed by atoms with Gasteiger partial charge in [0.25, 0.3) is 0 Å². The van der Waals surface area contributed by atoms with Crippen LogP contribution in [0.3, 0.4) is 0 Å². The van der Waals surface area contributed by atoms with E-state index in [1.165, 1.54) is 12.1 Å². The van der Waals surface area contributed by atoms with Crippen molar-refractivity contribution in [2.24, 2.45) is 7.05 Å². The van der Waals surface area contributed by atoms with Crippen LogP contribution >= 0.6 is 22.9 Å². The number of aryl methyl sites for hydroxylation is 4. The predicted molar refractivity (Wildman–Crippen MR) is 288 cm³/mol. The number of anilines is 3. The largest absolute Gasteiger partial charge is 0.494 e. The molecule has 1 aliphatic heterocycles. The molecular weight excluding hydrogens is 1000 g/mol. The standard InChI is InChI=1S/C53H62ClN11O7S2/c1-34-11-12-37(44(30-49(67)68)38-28-46-51(47(29-38)71-6)63(5)61-60-46)27-39(34)31-56-74(69,70)43-19-17-42(18-20-43)72-26-10-8-7-9-21-62(4)48(66)33-64-22-24-65(25-23-64)41-15-13-40(14-16-41)58-53-55-32-45(54)50(59-53)52-35(2)57-36(3)73-52/h11-20,27-29,32,44,56H,7-10,21-26,30-31,33H2,1-6H3,(H,67,68)(H,55,58,59). The highest BCUT2D eigenvalue weighted by atomic mass is 35.5. The van der Waals surface area contributed by atoms with Crippen LogP contribution in [0, 0.1) is 20.8 Å². The third-order valence-electron chi connectivity index (χ3n) is 13.2. The number of hydrogen-bond donors (Lipinski definition) is 3. The number of unbranched alkanes of at least 4 members (excludes halogenated alkanes) is 3. The van der Waals surface area contributed by atoms with Gasteiger partial charge in [0.1, 0.15) is 28.2 Å². The maximum absolute atomic E-state index is 13.4. The van der Waals surface area contributed by atoms with Crippen molar-refractivity contribution < 1.29 is 32.6 Å². The number of aliphatic carboxylic acids is 1. The Morgan fingerprint density at radius 1 is 0.919 bits per heavy atom. The number of amides is 1. The molecule has 21 heteroatoms. The third kappa shape index (κ3) is 13.3. The summed E-state index contributed by atoms with van der Waals surface area (Å²) in [6, 6.07) is 23.7. The minimum absolute atomic E-state index is 0.00490. The van der Waals surface area contributed by atoms with Crippen molar-refractivity contribution in [1.82, 2.24) is 44.5 Å². The lowest BCUT2D eigenvalue weighted by atomic mass is 9.86. The molecule has 0 aliphatic carbocycles. The van der Waals surface area contributed by atoms with Crippen LogP contribution in [0.2, 0.25) is 5.02 Å². The highest BCUT2D eigenvalue weighted by molar-refractivity contribution is 7.89. The highest BCUT2D eigenvalue weighted by Gasteiger charge is 2.25. The topological polar surface area (TPSA) is 210 Å². The van der Waals surface area contributed by atoms with E-state index in [0.29, 0.717) is 75.6 Å². The first-order chi connectivity index (χ1) is 35.5. The number of carbonyl (C=O) groups is 2. The summed E-state index contributed by atoms with van der Waals surface area (Å²) in [6.45, 7) is 10.6. The van der Waals surface area contributed by atoms with Gasteiger partial charge in [-0.05, 0) is 117 Å². The lowest BCUT2D eigenvalue weighted by Gasteiger charge is -2.36. The number of hydrogen-bond acceptors (Lipinski definition) is 15. The second kappa shape index (κ2) is 24.1. The van der Waals surface area contributed by atoms with Crippen molar-refractivity contribution in [3.8, 4) is 22.1 Å². The Labute approximate surface area is 440 Å². The number of nitrogens with one attached hydrogen (secondary N) is 2. The first-order valence-electron chi connectivity index (χ1n) is 24.5. The van der Waals surface area contributed by atoms with Gasteiger partial charge < -0.3 is 29.7 Å². The van der Waals surface area contributed by atoms with E-state index in [2.05, 4.69) is 57.2 Å². The van der Waals surface area contributed by atoms with Gasteiger partial charge >= 0.3 is 5.97 Å². The number of aromatic nitrogens is 6. The van der Waals surface area contributed by atoms with Crippen LogP contribution in [-0.2, 0) is 33.2 Å². The lowest BCUT2D eigenvalue weighted by Crippen LogP contribution is -2.49. The Morgan fingerprint density at radius 2 is 1.66 bits per heavy atom. The number of halogens is 1. The summed E-state index contributed by atoms with van der Waals surface area (Å²) in [5.74, 6) is 0.136. The van der Waals surface area contributed by atoms with Crippen LogP contribution in [0.25, 0.3) is 21.6 Å². The molecule has 3 N–H and O–H groups in total. The van der Waals surface area contributed by atoms with Crippen LogP contribution in [0.5, 0.6) is 11.5 Å². The van der Waals surface area contributed by atoms with E-state index in [1.807, 2.05) is 69.1 Å². The molecule has 4 heterocycles. The number of methoxy groups -OCH3 is 1. The van der Waals surface area contributed by atoms with Gasteiger partial charge in [-0.15, -0.1) is 16.4 Å². The number of likely N-dealkylation sites (N-methyl/N-ethyl adjacent to an activating group) is 1. The average Bonchev–Trinajstić information content (AvgIpc) is 3.94. The summed E-state index contributed by atoms with van der Waals surface area (Å²) in [7, 11) is 1.28. The van der Waals surface area contributed by atoms with E-state index in [9.17, 15) is 23.1 Å². The van der Waals surface area contributed by atoms with Gasteiger partial charge in [-0.25, -0.2) is 32.8 Å². The number of benzene rings is 4. The molecule has 0 spiro atoms. The number of sulfonamides is 1. The van der Waals surface area contributed by atoms with Crippen LogP contribution in [0.1, 0.15) is 71.0 Å². The van der Waals surface area contributed by atoms with E-state index in [0.717, 1.165) is 84.4 Å². The summed E-state index contributed by atoms with van der Waals surface area (Å²) >= 11 is 8.02. The first-order valence-corrected chi connectivity index (χ1v) is 27.2. The number of carboxylic acid groups (broad SMARTS) is 1. The molecule has 7 aromatic rings. The quantitative estimate of drug-likeness (QED) is 0.0513. The maximum Gasteiger partial charge on any atom is 0.304 e. The van der Waals surface area contributed by atoms with Gasteiger partial charge in [-0.1, -0.05) is 47.9 Å². The van der Waals surface area contributed by atoms with Crippen LogP contribution in [0.4, 0.5) is 17.3 Å². The molecule has 8 rings (SSSR count). The smallest absolute Gasteiger partial charge is 0.304 e. The number of carbonyl (C=O) groups excluding carboxylic acids is 1. The molecule has 4 aromatic carbocycles. The molecule has 0 saturated carbocycles. The number of rotatable bonds is 23. The van der Waals surface area contributed by atoms with Crippen LogP contribution in [-0.4, -0.2) is 125 Å². The van der Waals surface area contributed by atoms with Gasteiger partial charge in [0, 0.05) is 70.7 Å². The fourth-order valence-electron chi connectivity index (χ4n) is 9.02. The fourth-order valence-corrected chi connectivity index (χ4v) is 11.2. The first kappa shape index (κ1) is 53.6. The zero-order valence-electron chi connectivity index (χ0n) is 42.5. The maximum atomic E-state index is 13.4. The highest BCUT2D eigenvalue weighted by Crippen LogP contribution is 2.36. The van der Waals surface area contributed by atoms with Crippen molar-refractivity contribution in [1.29, 1.82) is 0 Å². The summed E-state index contributed by atoms with van der Waals surface area (Å²) in [5, 5.41) is 22.9. The Bertz CT molecular complexity index is 3200. The van der Waals surface area contributed by atoms with Gasteiger partial charge in [-0.3, -0.25) is 14.5 Å². The van der Waals surface area contributed by atoms with Gasteiger partial charge in [0.15, 0.2) is 0 Å². The van der Waals surface area contributed by atoms with Crippen molar-refractivity contribution in [2.45, 2.75) is 70.2 Å². The number of fused-ring (bicyclic) bond motifs is 1. The molecule has 1 saturated heterocycles. The van der Waals surface area contributed by atoms with E-state index in [1.54, 1.807) is 54.6 Å². The molecule has 1 amide bonds. The van der Waals surface area contributed by atoms with E-state index >= 15 is 0 Å².